The summed E-state index contributed by atoms with van der Waals surface area (Å²) < 4.78 is 5.63. The molecule has 2 aromatic carbocycles. The van der Waals surface area contributed by atoms with E-state index in [-0.39, 0.29) is 0 Å². The quantitative estimate of drug-likeness (QED) is 0.469. The zero-order valence-corrected chi connectivity index (χ0v) is 11.4. The zero-order chi connectivity index (χ0) is 14.0. The Hall–Kier alpha value is -2.55. The fourth-order valence-electron chi connectivity index (χ4n) is 1.70. The average Bonchev–Trinajstić information content (AvgIpc) is 2.52. The van der Waals surface area contributed by atoms with E-state index in [0.717, 1.165) is 11.1 Å². The van der Waals surface area contributed by atoms with E-state index in [1.54, 1.807) is 0 Å². The molecule has 3 nitrogen and oxygen atoms in total. The molecule has 0 saturated heterocycles. The predicted molar refractivity (Wildman–Crippen MR) is 81.4 cm³/mol. The fourth-order valence-corrected chi connectivity index (χ4v) is 1.70. The van der Waals surface area contributed by atoms with Gasteiger partial charge in [-0.25, -0.2) is 0 Å². The first-order valence-electron chi connectivity index (χ1n) is 6.41. The molecular formula is C17H17NO2. The van der Waals surface area contributed by atoms with Crippen molar-refractivity contribution < 1.29 is 9.57 Å². The first-order chi connectivity index (χ1) is 9.90. The van der Waals surface area contributed by atoms with Gasteiger partial charge >= 0.3 is 0 Å². The van der Waals surface area contributed by atoms with Gasteiger partial charge in [-0.1, -0.05) is 54.6 Å². The van der Waals surface area contributed by atoms with Crippen LogP contribution in [0.25, 0.3) is 6.08 Å². The summed E-state index contributed by atoms with van der Waals surface area (Å²) in [4.78, 5) is 4.81. The fraction of sp³-hybridized carbons (Fsp3) is 0.118. The topological polar surface area (TPSA) is 30.8 Å². The van der Waals surface area contributed by atoms with Crippen molar-refractivity contribution in [3.05, 3.63) is 77.9 Å². The normalized spacial score (nSPS) is 11.6. The zero-order valence-electron chi connectivity index (χ0n) is 11.4. The molecule has 0 aliphatic rings. The Morgan fingerprint density at radius 3 is 2.30 bits per heavy atom. The molecule has 0 unspecified atom stereocenters. The van der Waals surface area contributed by atoms with Gasteiger partial charge in [0.05, 0.1) is 0 Å². The summed E-state index contributed by atoms with van der Waals surface area (Å²) in [7, 11) is 1.51. The Bertz CT molecular complexity index is 562. The smallest absolute Gasteiger partial charge is 0.257 e. The van der Waals surface area contributed by atoms with Crippen molar-refractivity contribution in [1.82, 2.24) is 0 Å². The van der Waals surface area contributed by atoms with Crippen LogP contribution in [-0.4, -0.2) is 19.6 Å². The molecule has 0 atom stereocenters. The third-order valence-electron chi connectivity index (χ3n) is 2.62. The maximum Gasteiger partial charge on any atom is 0.257 e. The van der Waals surface area contributed by atoms with Gasteiger partial charge in [0.2, 0.25) is 0 Å². The molecule has 0 fully saturated rings. The Kier molecular flexibility index (Phi) is 5.40. The third-order valence-corrected chi connectivity index (χ3v) is 2.62. The van der Waals surface area contributed by atoms with Gasteiger partial charge in [0.1, 0.15) is 13.7 Å². The highest BCUT2D eigenvalue weighted by molar-refractivity contribution is 5.93. The van der Waals surface area contributed by atoms with Crippen molar-refractivity contribution in [3.8, 4) is 0 Å². The summed E-state index contributed by atoms with van der Waals surface area (Å²) in [5, 5.41) is 3.90. The number of oxime groups is 1. The number of nitrogens with zero attached hydrogens (tertiary/aromatic N) is 1. The van der Waals surface area contributed by atoms with Crippen LogP contribution < -0.4 is 0 Å². The predicted octanol–water partition coefficient (Wildman–Crippen LogP) is 3.72. The lowest BCUT2D eigenvalue weighted by Gasteiger charge is -2.06. The Balaban J connectivity index is 1.94. The molecule has 0 heterocycles. The van der Waals surface area contributed by atoms with E-state index in [1.807, 2.05) is 72.8 Å². The number of rotatable bonds is 5. The lowest BCUT2D eigenvalue weighted by atomic mass is 10.2. The van der Waals surface area contributed by atoms with Gasteiger partial charge in [-0.3, -0.25) is 0 Å². The molecule has 0 radical (unpaired) electrons. The van der Waals surface area contributed by atoms with Crippen LogP contribution in [0.2, 0.25) is 0 Å². The highest BCUT2D eigenvalue weighted by atomic mass is 16.6. The molecule has 20 heavy (non-hydrogen) atoms. The maximum absolute atomic E-state index is 5.63. The summed E-state index contributed by atoms with van der Waals surface area (Å²) >= 11 is 0. The lowest BCUT2D eigenvalue weighted by Crippen LogP contribution is -2.07. The molecule has 0 bridgehead atoms. The summed E-state index contributed by atoms with van der Waals surface area (Å²) in [5.74, 6) is 0.478. The molecule has 0 N–H and O–H groups in total. The minimum Gasteiger partial charge on any atom is -0.471 e. The largest absolute Gasteiger partial charge is 0.471 e. The average molecular weight is 267 g/mol. The first-order valence-corrected chi connectivity index (χ1v) is 6.41. The van der Waals surface area contributed by atoms with Crippen molar-refractivity contribution >= 4 is 12.0 Å². The highest BCUT2D eigenvalue weighted by Gasteiger charge is 2.03. The SMILES string of the molecule is CO/N=C(\OC/C=C/c1ccccc1)c1ccccc1. The molecule has 0 amide bonds. The van der Waals surface area contributed by atoms with E-state index in [2.05, 4.69) is 5.16 Å². The van der Waals surface area contributed by atoms with E-state index in [9.17, 15) is 0 Å². The summed E-state index contributed by atoms with van der Waals surface area (Å²) in [5.41, 5.74) is 2.03. The minimum absolute atomic E-state index is 0.436. The summed E-state index contributed by atoms with van der Waals surface area (Å²) in [6.45, 7) is 0.436. The molecule has 0 spiro atoms. The van der Waals surface area contributed by atoms with Crippen LogP contribution in [0, 0.1) is 0 Å². The van der Waals surface area contributed by atoms with Gasteiger partial charge in [-0.15, -0.1) is 0 Å². The molecular weight excluding hydrogens is 250 g/mol. The van der Waals surface area contributed by atoms with Crippen molar-refractivity contribution in [3.63, 3.8) is 0 Å². The number of ether oxygens (including phenoxy) is 1. The molecule has 0 aromatic heterocycles. The molecule has 2 aromatic rings. The van der Waals surface area contributed by atoms with Crippen molar-refractivity contribution in [2.24, 2.45) is 5.16 Å². The summed E-state index contributed by atoms with van der Waals surface area (Å²) in [6.07, 6.45) is 3.96. The standard InChI is InChI=1S/C17H17NO2/c1-19-18-17(16-12-6-3-7-13-16)20-14-8-11-15-9-4-2-5-10-15/h2-13H,14H2,1H3/b11-8+,18-17-. The monoisotopic (exact) mass is 267 g/mol. The molecule has 2 rings (SSSR count). The maximum atomic E-state index is 5.63. The molecule has 102 valence electrons. The van der Waals surface area contributed by atoms with Crippen molar-refractivity contribution in [2.75, 3.05) is 13.7 Å². The number of benzene rings is 2. The first kappa shape index (κ1) is 13.9. The second-order valence-corrected chi connectivity index (χ2v) is 4.07. The molecule has 0 aliphatic heterocycles. The van der Waals surface area contributed by atoms with Crippen LogP contribution in [0.1, 0.15) is 11.1 Å². The molecule has 0 aliphatic carbocycles. The Morgan fingerprint density at radius 1 is 1.00 bits per heavy atom. The second kappa shape index (κ2) is 7.79. The Morgan fingerprint density at radius 2 is 1.65 bits per heavy atom. The van der Waals surface area contributed by atoms with Gasteiger partial charge < -0.3 is 9.57 Å². The molecule has 0 saturated carbocycles. The van der Waals surface area contributed by atoms with Gasteiger partial charge in [0, 0.05) is 5.56 Å². The van der Waals surface area contributed by atoms with Gasteiger partial charge in [0.15, 0.2) is 0 Å². The van der Waals surface area contributed by atoms with Crippen LogP contribution in [0.15, 0.2) is 71.9 Å². The number of hydrogen-bond acceptors (Lipinski definition) is 3. The number of hydrogen-bond donors (Lipinski definition) is 0. The van der Waals surface area contributed by atoms with Crippen LogP contribution in [0.5, 0.6) is 0 Å². The lowest BCUT2D eigenvalue weighted by molar-refractivity contribution is 0.196. The van der Waals surface area contributed by atoms with Crippen molar-refractivity contribution in [1.29, 1.82) is 0 Å². The van der Waals surface area contributed by atoms with Gasteiger partial charge in [-0.05, 0) is 28.9 Å². The minimum atomic E-state index is 0.436. The van der Waals surface area contributed by atoms with E-state index in [0.29, 0.717) is 12.5 Å². The van der Waals surface area contributed by atoms with E-state index in [4.69, 9.17) is 9.57 Å². The van der Waals surface area contributed by atoms with Crippen LogP contribution in [-0.2, 0) is 9.57 Å². The molecule has 3 heteroatoms. The van der Waals surface area contributed by atoms with Crippen LogP contribution >= 0.6 is 0 Å². The van der Waals surface area contributed by atoms with Crippen LogP contribution in [0.4, 0.5) is 0 Å². The van der Waals surface area contributed by atoms with Gasteiger partial charge in [0.25, 0.3) is 5.90 Å². The summed E-state index contributed by atoms with van der Waals surface area (Å²) in [6, 6.07) is 19.8. The third kappa shape index (κ3) is 4.28. The van der Waals surface area contributed by atoms with E-state index >= 15 is 0 Å². The van der Waals surface area contributed by atoms with E-state index in [1.165, 1.54) is 7.11 Å². The van der Waals surface area contributed by atoms with Crippen LogP contribution in [0.3, 0.4) is 0 Å². The van der Waals surface area contributed by atoms with E-state index < -0.39 is 0 Å². The van der Waals surface area contributed by atoms with Crippen molar-refractivity contribution in [2.45, 2.75) is 0 Å². The Labute approximate surface area is 119 Å². The second-order valence-electron chi connectivity index (χ2n) is 4.07. The highest BCUT2D eigenvalue weighted by Crippen LogP contribution is 2.04. The van der Waals surface area contributed by atoms with Gasteiger partial charge in [-0.2, -0.15) is 0 Å².